The monoisotopic (exact) mass is 363 g/mol. The Labute approximate surface area is 162 Å². The van der Waals surface area contributed by atoms with Crippen molar-refractivity contribution in [1.82, 2.24) is 15.1 Å². The molecule has 1 unspecified atom stereocenters. The van der Waals surface area contributed by atoms with E-state index in [-0.39, 0.29) is 0 Å². The van der Waals surface area contributed by atoms with E-state index in [2.05, 4.69) is 54.7 Å². The van der Waals surface area contributed by atoms with Crippen molar-refractivity contribution in [2.45, 2.75) is 39.2 Å². The second-order valence-electron chi connectivity index (χ2n) is 6.96. The van der Waals surface area contributed by atoms with Crippen LogP contribution in [0.2, 0.25) is 0 Å². The molecule has 0 aliphatic carbocycles. The lowest BCUT2D eigenvalue weighted by Gasteiger charge is -2.19. The number of hydrogen-bond acceptors (Lipinski definition) is 3. The summed E-state index contributed by atoms with van der Waals surface area (Å²) < 4.78 is 7.79. The molecule has 1 aromatic heterocycles. The first-order chi connectivity index (χ1) is 13.2. The minimum absolute atomic E-state index is 0.352. The number of para-hydroxylation sites is 1. The van der Waals surface area contributed by atoms with E-state index in [0.717, 1.165) is 37.3 Å². The van der Waals surface area contributed by atoms with Crippen LogP contribution in [0.3, 0.4) is 0 Å². The van der Waals surface area contributed by atoms with Gasteiger partial charge < -0.3 is 10.1 Å². The molecule has 2 aromatic carbocycles. The van der Waals surface area contributed by atoms with E-state index in [9.17, 15) is 0 Å². The summed E-state index contributed by atoms with van der Waals surface area (Å²) in [6.45, 7) is 5.27. The zero-order chi connectivity index (χ0) is 19.1. The quantitative estimate of drug-likeness (QED) is 0.568. The van der Waals surface area contributed by atoms with Gasteiger partial charge in [0.2, 0.25) is 0 Å². The Bertz CT molecular complexity index is 825. The summed E-state index contributed by atoms with van der Waals surface area (Å²) >= 11 is 0. The zero-order valence-corrected chi connectivity index (χ0v) is 16.5. The van der Waals surface area contributed by atoms with Gasteiger partial charge in [0, 0.05) is 32.3 Å². The first-order valence-corrected chi connectivity index (χ1v) is 9.71. The second kappa shape index (κ2) is 9.38. The molecule has 4 nitrogen and oxygen atoms in total. The van der Waals surface area contributed by atoms with E-state index in [1.807, 2.05) is 42.1 Å². The minimum Gasteiger partial charge on any atom is -0.457 e. The van der Waals surface area contributed by atoms with Gasteiger partial charge in [-0.15, -0.1) is 0 Å². The normalized spacial score (nSPS) is 12.1. The van der Waals surface area contributed by atoms with Crippen molar-refractivity contribution >= 4 is 0 Å². The number of hydrogen-bond donors (Lipinski definition) is 1. The van der Waals surface area contributed by atoms with E-state index in [1.165, 1.54) is 16.8 Å². The molecule has 1 N–H and O–H groups in total. The third-order valence-corrected chi connectivity index (χ3v) is 4.71. The molecule has 4 heteroatoms. The Morgan fingerprint density at radius 2 is 1.74 bits per heavy atom. The van der Waals surface area contributed by atoms with Crippen LogP contribution in [0.1, 0.15) is 42.6 Å². The van der Waals surface area contributed by atoms with Gasteiger partial charge in [-0.05, 0) is 48.7 Å². The number of aryl methyl sites for hydroxylation is 2. The molecule has 0 spiro atoms. The van der Waals surface area contributed by atoms with E-state index in [1.54, 1.807) is 0 Å². The smallest absolute Gasteiger partial charge is 0.127 e. The van der Waals surface area contributed by atoms with E-state index in [4.69, 9.17) is 4.74 Å². The molecular weight excluding hydrogens is 334 g/mol. The zero-order valence-electron chi connectivity index (χ0n) is 16.5. The van der Waals surface area contributed by atoms with Crippen LogP contribution in [0.15, 0.2) is 60.8 Å². The van der Waals surface area contributed by atoms with Crippen LogP contribution in [0.5, 0.6) is 11.5 Å². The van der Waals surface area contributed by atoms with Crippen molar-refractivity contribution in [3.05, 3.63) is 77.6 Å². The maximum atomic E-state index is 5.90. The number of nitrogens with zero attached hydrogens (tertiary/aromatic N) is 2. The third-order valence-electron chi connectivity index (χ3n) is 4.71. The first kappa shape index (κ1) is 19.2. The van der Waals surface area contributed by atoms with Gasteiger partial charge in [0.25, 0.3) is 0 Å². The molecule has 0 aliphatic heterocycles. The number of nitrogens with one attached hydrogen (secondary N) is 1. The summed E-state index contributed by atoms with van der Waals surface area (Å²) in [5.41, 5.74) is 3.73. The van der Waals surface area contributed by atoms with Gasteiger partial charge in [-0.3, -0.25) is 4.68 Å². The minimum atomic E-state index is 0.352. The highest BCUT2D eigenvalue weighted by Gasteiger charge is 2.11. The van der Waals surface area contributed by atoms with Crippen LogP contribution >= 0.6 is 0 Å². The number of rotatable bonds is 9. The maximum Gasteiger partial charge on any atom is 0.127 e. The molecule has 0 amide bonds. The molecule has 142 valence electrons. The molecule has 0 fully saturated rings. The topological polar surface area (TPSA) is 39.1 Å². The van der Waals surface area contributed by atoms with Gasteiger partial charge in [0.15, 0.2) is 0 Å². The highest BCUT2D eigenvalue weighted by atomic mass is 16.5. The molecule has 3 aromatic rings. The fraction of sp³-hybridized carbons (Fsp3) is 0.348. The van der Waals surface area contributed by atoms with Crippen molar-refractivity contribution in [2.24, 2.45) is 7.05 Å². The summed E-state index contributed by atoms with van der Waals surface area (Å²) in [7, 11) is 1.98. The number of benzene rings is 2. The second-order valence-corrected chi connectivity index (χ2v) is 6.96. The summed E-state index contributed by atoms with van der Waals surface area (Å²) in [5.74, 6) is 1.73. The SMILES string of the molecule is CCCC(NCCc1nn(C)cc1C)c1ccc(Oc2ccccc2)cc1. The molecular formula is C23H29N3O. The molecule has 1 atom stereocenters. The average molecular weight is 364 g/mol. The molecule has 0 saturated carbocycles. The largest absolute Gasteiger partial charge is 0.457 e. The maximum absolute atomic E-state index is 5.90. The Hall–Kier alpha value is -2.59. The summed E-state index contributed by atoms with van der Waals surface area (Å²) in [5, 5.41) is 8.24. The summed E-state index contributed by atoms with van der Waals surface area (Å²) in [6, 6.07) is 18.7. The number of ether oxygens (including phenoxy) is 1. The fourth-order valence-corrected chi connectivity index (χ4v) is 3.33. The summed E-state index contributed by atoms with van der Waals surface area (Å²) in [6.07, 6.45) is 5.27. The Morgan fingerprint density at radius 1 is 1.04 bits per heavy atom. The standard InChI is InChI=1S/C23H29N3O/c1-4-8-23(24-16-15-22-18(2)17-26(3)25-22)19-11-13-21(14-12-19)27-20-9-6-5-7-10-20/h5-7,9-14,17,23-24H,4,8,15-16H2,1-3H3. The van der Waals surface area contributed by atoms with E-state index >= 15 is 0 Å². The van der Waals surface area contributed by atoms with Crippen LogP contribution in [0.4, 0.5) is 0 Å². The van der Waals surface area contributed by atoms with Crippen LogP contribution in [-0.2, 0) is 13.5 Å². The van der Waals surface area contributed by atoms with Crippen molar-refractivity contribution in [1.29, 1.82) is 0 Å². The van der Waals surface area contributed by atoms with Crippen molar-refractivity contribution in [3.63, 3.8) is 0 Å². The van der Waals surface area contributed by atoms with Crippen LogP contribution < -0.4 is 10.1 Å². The molecule has 0 saturated heterocycles. The lowest BCUT2D eigenvalue weighted by molar-refractivity contribution is 0.478. The molecule has 1 heterocycles. The Kier molecular flexibility index (Phi) is 6.66. The van der Waals surface area contributed by atoms with E-state index < -0.39 is 0 Å². The van der Waals surface area contributed by atoms with Gasteiger partial charge in [-0.25, -0.2) is 0 Å². The van der Waals surface area contributed by atoms with Crippen LogP contribution in [-0.4, -0.2) is 16.3 Å². The first-order valence-electron chi connectivity index (χ1n) is 9.71. The highest BCUT2D eigenvalue weighted by Crippen LogP contribution is 2.25. The highest BCUT2D eigenvalue weighted by molar-refractivity contribution is 5.34. The van der Waals surface area contributed by atoms with Gasteiger partial charge in [0.1, 0.15) is 11.5 Å². The predicted molar refractivity (Wildman–Crippen MR) is 110 cm³/mol. The van der Waals surface area contributed by atoms with E-state index in [0.29, 0.717) is 6.04 Å². The van der Waals surface area contributed by atoms with Gasteiger partial charge in [-0.1, -0.05) is 43.7 Å². The van der Waals surface area contributed by atoms with Gasteiger partial charge in [0.05, 0.1) is 5.69 Å². The molecule has 0 bridgehead atoms. The molecule has 0 radical (unpaired) electrons. The third kappa shape index (κ3) is 5.44. The van der Waals surface area contributed by atoms with Crippen LogP contribution in [0.25, 0.3) is 0 Å². The molecule has 0 aliphatic rings. The fourth-order valence-electron chi connectivity index (χ4n) is 3.33. The van der Waals surface area contributed by atoms with Gasteiger partial charge in [-0.2, -0.15) is 5.10 Å². The average Bonchev–Trinajstić information content (AvgIpc) is 3.00. The van der Waals surface area contributed by atoms with Crippen molar-refractivity contribution < 1.29 is 4.74 Å². The lowest BCUT2D eigenvalue weighted by Crippen LogP contribution is -2.24. The predicted octanol–water partition coefficient (Wildman–Crippen LogP) is 5.19. The van der Waals surface area contributed by atoms with Crippen molar-refractivity contribution in [2.75, 3.05) is 6.54 Å². The van der Waals surface area contributed by atoms with Crippen LogP contribution in [0, 0.1) is 6.92 Å². The molecule has 3 rings (SSSR count). The number of aromatic nitrogens is 2. The van der Waals surface area contributed by atoms with Crippen molar-refractivity contribution in [3.8, 4) is 11.5 Å². The Morgan fingerprint density at radius 3 is 2.37 bits per heavy atom. The van der Waals surface area contributed by atoms with Gasteiger partial charge >= 0.3 is 0 Å². The molecule has 27 heavy (non-hydrogen) atoms. The lowest BCUT2D eigenvalue weighted by atomic mass is 10.0. The Balaban J connectivity index is 1.59. The summed E-state index contributed by atoms with van der Waals surface area (Å²) in [4.78, 5) is 0.